The van der Waals surface area contributed by atoms with Gasteiger partial charge in [0.2, 0.25) is 0 Å². The Labute approximate surface area is 224 Å². The standard InChI is InChI=1S/C36H23N3/c1-5-15-31-24(10-1)25-11-2-6-16-32(25)38(31)23-20-21-29-28(22-23)36-30(37-29)14-9-19-35(36)39-33-17-7-3-12-26(33)27-13-4-8-18-34(27)39/h1-22,37H. The van der Waals surface area contributed by atoms with Crippen molar-refractivity contribution in [2.24, 2.45) is 0 Å². The Morgan fingerprint density at radius 1 is 0.385 bits per heavy atom. The normalized spacial score (nSPS) is 12.1. The third-order valence-corrected chi connectivity index (χ3v) is 8.24. The lowest BCUT2D eigenvalue weighted by Gasteiger charge is -2.11. The molecular formula is C36H23N3. The number of nitrogens with one attached hydrogen (secondary N) is 1. The number of aromatic nitrogens is 3. The van der Waals surface area contributed by atoms with Crippen molar-refractivity contribution in [1.29, 1.82) is 0 Å². The van der Waals surface area contributed by atoms with Crippen LogP contribution in [0.1, 0.15) is 0 Å². The Balaban J connectivity index is 1.40. The highest BCUT2D eigenvalue weighted by molar-refractivity contribution is 6.16. The van der Waals surface area contributed by atoms with E-state index in [9.17, 15) is 0 Å². The molecule has 3 heterocycles. The molecule has 0 unspecified atom stereocenters. The van der Waals surface area contributed by atoms with E-state index < -0.39 is 0 Å². The van der Waals surface area contributed by atoms with Crippen molar-refractivity contribution in [3.05, 3.63) is 133 Å². The lowest BCUT2D eigenvalue weighted by molar-refractivity contribution is 1.18. The van der Waals surface area contributed by atoms with Crippen LogP contribution in [-0.2, 0) is 0 Å². The molecule has 6 aromatic carbocycles. The van der Waals surface area contributed by atoms with Crippen LogP contribution < -0.4 is 0 Å². The van der Waals surface area contributed by atoms with E-state index in [1.165, 1.54) is 60.1 Å². The smallest absolute Gasteiger partial charge is 0.0562 e. The Morgan fingerprint density at radius 2 is 0.897 bits per heavy atom. The number of hydrogen-bond donors (Lipinski definition) is 1. The van der Waals surface area contributed by atoms with Crippen LogP contribution in [0.15, 0.2) is 133 Å². The van der Waals surface area contributed by atoms with Crippen molar-refractivity contribution >= 4 is 65.4 Å². The molecule has 9 aromatic rings. The predicted octanol–water partition coefficient (Wildman–Crippen LogP) is 9.52. The van der Waals surface area contributed by atoms with Crippen LogP contribution in [0.2, 0.25) is 0 Å². The highest BCUT2D eigenvalue weighted by Gasteiger charge is 2.17. The molecular weight excluding hydrogens is 474 g/mol. The number of para-hydroxylation sites is 4. The average Bonchev–Trinajstić information content (AvgIpc) is 3.64. The maximum atomic E-state index is 3.70. The van der Waals surface area contributed by atoms with Gasteiger partial charge in [-0.1, -0.05) is 78.9 Å². The number of nitrogens with zero attached hydrogens (tertiary/aromatic N) is 2. The molecule has 0 spiro atoms. The van der Waals surface area contributed by atoms with Crippen molar-refractivity contribution in [2.45, 2.75) is 0 Å². The van der Waals surface area contributed by atoms with Crippen molar-refractivity contribution in [1.82, 2.24) is 14.1 Å². The number of hydrogen-bond acceptors (Lipinski definition) is 0. The molecule has 0 aliphatic rings. The van der Waals surface area contributed by atoms with Crippen LogP contribution in [0.3, 0.4) is 0 Å². The summed E-state index contributed by atoms with van der Waals surface area (Å²) >= 11 is 0. The molecule has 1 N–H and O–H groups in total. The predicted molar refractivity (Wildman–Crippen MR) is 164 cm³/mol. The van der Waals surface area contributed by atoms with Gasteiger partial charge in [-0.2, -0.15) is 0 Å². The monoisotopic (exact) mass is 497 g/mol. The largest absolute Gasteiger partial charge is 0.354 e. The maximum absolute atomic E-state index is 3.70. The molecule has 0 aliphatic heterocycles. The highest BCUT2D eigenvalue weighted by Crippen LogP contribution is 2.39. The van der Waals surface area contributed by atoms with Crippen molar-refractivity contribution in [3.8, 4) is 11.4 Å². The topological polar surface area (TPSA) is 25.6 Å². The summed E-state index contributed by atoms with van der Waals surface area (Å²) in [5.74, 6) is 0. The molecule has 0 saturated carbocycles. The molecule has 3 aromatic heterocycles. The maximum Gasteiger partial charge on any atom is 0.0562 e. The minimum Gasteiger partial charge on any atom is -0.354 e. The molecule has 3 nitrogen and oxygen atoms in total. The molecule has 0 aliphatic carbocycles. The zero-order valence-electron chi connectivity index (χ0n) is 21.1. The van der Waals surface area contributed by atoms with Crippen LogP contribution >= 0.6 is 0 Å². The lowest BCUT2D eigenvalue weighted by Crippen LogP contribution is -1.95. The van der Waals surface area contributed by atoms with E-state index in [4.69, 9.17) is 0 Å². The summed E-state index contributed by atoms with van der Waals surface area (Å²) < 4.78 is 4.82. The van der Waals surface area contributed by atoms with Gasteiger partial charge in [-0.15, -0.1) is 0 Å². The first kappa shape index (κ1) is 20.7. The van der Waals surface area contributed by atoms with Gasteiger partial charge in [-0.25, -0.2) is 0 Å². The summed E-state index contributed by atoms with van der Waals surface area (Å²) in [4.78, 5) is 3.70. The van der Waals surface area contributed by atoms with E-state index in [0.29, 0.717) is 0 Å². The van der Waals surface area contributed by atoms with Crippen molar-refractivity contribution in [3.63, 3.8) is 0 Å². The second kappa shape index (κ2) is 7.62. The quantitative estimate of drug-likeness (QED) is 0.246. The van der Waals surface area contributed by atoms with Gasteiger partial charge < -0.3 is 14.1 Å². The minimum absolute atomic E-state index is 1.14. The van der Waals surface area contributed by atoms with Crippen molar-refractivity contribution < 1.29 is 0 Å². The van der Waals surface area contributed by atoms with Crippen LogP contribution in [0.5, 0.6) is 0 Å². The van der Waals surface area contributed by atoms with E-state index in [1.54, 1.807) is 0 Å². The summed E-state index contributed by atoms with van der Waals surface area (Å²) in [6.45, 7) is 0. The van der Waals surface area contributed by atoms with Gasteiger partial charge in [0.1, 0.15) is 0 Å². The molecule has 0 fully saturated rings. The number of H-pyrrole nitrogens is 1. The summed E-state index contributed by atoms with van der Waals surface area (Å²) in [5, 5.41) is 7.56. The first-order valence-corrected chi connectivity index (χ1v) is 13.4. The van der Waals surface area contributed by atoms with Gasteiger partial charge in [0.05, 0.1) is 27.8 Å². The summed E-state index contributed by atoms with van der Waals surface area (Å²) in [5.41, 5.74) is 9.53. The second-order valence-corrected chi connectivity index (χ2v) is 10.3. The molecule has 0 amide bonds. The lowest BCUT2D eigenvalue weighted by atomic mass is 10.1. The van der Waals surface area contributed by atoms with E-state index in [2.05, 4.69) is 148 Å². The molecule has 0 bridgehead atoms. The fraction of sp³-hybridized carbons (Fsp3) is 0. The zero-order valence-corrected chi connectivity index (χ0v) is 21.1. The molecule has 0 radical (unpaired) electrons. The van der Waals surface area contributed by atoms with Gasteiger partial charge >= 0.3 is 0 Å². The molecule has 182 valence electrons. The van der Waals surface area contributed by atoms with Crippen LogP contribution in [0, 0.1) is 0 Å². The van der Waals surface area contributed by atoms with Gasteiger partial charge in [-0.05, 0) is 54.6 Å². The fourth-order valence-corrected chi connectivity index (χ4v) is 6.63. The molecule has 9 rings (SSSR count). The fourth-order valence-electron chi connectivity index (χ4n) is 6.63. The van der Waals surface area contributed by atoms with Crippen LogP contribution in [0.25, 0.3) is 76.8 Å². The average molecular weight is 498 g/mol. The summed E-state index contributed by atoms with van der Waals surface area (Å²) in [6, 6.07) is 48.2. The van der Waals surface area contributed by atoms with Crippen LogP contribution in [-0.4, -0.2) is 14.1 Å². The van der Waals surface area contributed by atoms with Crippen molar-refractivity contribution in [2.75, 3.05) is 0 Å². The molecule has 3 heteroatoms. The van der Waals surface area contributed by atoms with Gasteiger partial charge in [0, 0.05) is 49.0 Å². The zero-order chi connectivity index (χ0) is 25.5. The minimum atomic E-state index is 1.14. The van der Waals surface area contributed by atoms with E-state index in [-0.39, 0.29) is 0 Å². The second-order valence-electron chi connectivity index (χ2n) is 10.3. The first-order chi connectivity index (χ1) is 19.4. The Hall–Kier alpha value is -5.28. The molecule has 0 atom stereocenters. The van der Waals surface area contributed by atoms with Crippen LogP contribution in [0.4, 0.5) is 0 Å². The van der Waals surface area contributed by atoms with Gasteiger partial charge in [-0.3, -0.25) is 0 Å². The summed E-state index contributed by atoms with van der Waals surface area (Å²) in [7, 11) is 0. The Kier molecular flexibility index (Phi) is 4.05. The molecule has 39 heavy (non-hydrogen) atoms. The number of rotatable bonds is 2. The third-order valence-electron chi connectivity index (χ3n) is 8.24. The Morgan fingerprint density at radius 3 is 1.46 bits per heavy atom. The van der Waals surface area contributed by atoms with E-state index in [1.807, 2.05) is 0 Å². The SMILES string of the molecule is c1cc(-n2c3ccccc3c3ccccc32)c2c(c1)[nH]c1ccc(-n3c4ccccc4c4ccccc43)cc12. The molecule has 0 saturated heterocycles. The van der Waals surface area contributed by atoms with Gasteiger partial charge in [0.15, 0.2) is 0 Å². The first-order valence-electron chi connectivity index (χ1n) is 13.4. The Bertz CT molecular complexity index is 2290. The highest BCUT2D eigenvalue weighted by atomic mass is 15.0. The van der Waals surface area contributed by atoms with Gasteiger partial charge in [0.25, 0.3) is 0 Å². The van der Waals surface area contributed by atoms with E-state index >= 15 is 0 Å². The van der Waals surface area contributed by atoms with E-state index in [0.717, 1.165) is 16.7 Å². The summed E-state index contributed by atoms with van der Waals surface area (Å²) in [6.07, 6.45) is 0. The third kappa shape index (κ3) is 2.76. The number of benzene rings is 6. The number of aromatic amines is 1. The number of fused-ring (bicyclic) bond motifs is 9.